The van der Waals surface area contributed by atoms with Crippen LogP contribution in [-0.4, -0.2) is 28.8 Å². The highest BCUT2D eigenvalue weighted by atomic mass is 35.5. The number of hydrogen-bond acceptors (Lipinski definition) is 2. The van der Waals surface area contributed by atoms with Crippen molar-refractivity contribution in [3.8, 4) is 0 Å². The van der Waals surface area contributed by atoms with E-state index in [1.165, 1.54) is 5.56 Å². The second-order valence-electron chi connectivity index (χ2n) is 3.74. The van der Waals surface area contributed by atoms with Gasteiger partial charge in [-0.25, -0.2) is 0 Å². The molecule has 1 rings (SSSR count). The van der Waals surface area contributed by atoms with E-state index in [9.17, 15) is 0 Å². The third-order valence-electron chi connectivity index (χ3n) is 2.11. The Morgan fingerprint density at radius 2 is 2.43 bits per heavy atom. The van der Waals surface area contributed by atoms with E-state index in [0.717, 1.165) is 25.4 Å². The van der Waals surface area contributed by atoms with Crippen molar-refractivity contribution in [1.82, 2.24) is 15.1 Å². The van der Waals surface area contributed by atoms with Gasteiger partial charge in [-0.1, -0.05) is 6.92 Å². The van der Waals surface area contributed by atoms with Gasteiger partial charge >= 0.3 is 0 Å². The summed E-state index contributed by atoms with van der Waals surface area (Å²) in [5.41, 5.74) is 1.28. The lowest BCUT2D eigenvalue weighted by Crippen LogP contribution is -2.24. The number of aryl methyl sites for hydroxylation is 1. The number of rotatable bonds is 6. The number of alkyl halides is 1. The molecule has 0 amide bonds. The first kappa shape index (κ1) is 11.5. The van der Waals surface area contributed by atoms with E-state index in [1.807, 2.05) is 24.1 Å². The smallest absolute Gasteiger partial charge is 0.0522 e. The summed E-state index contributed by atoms with van der Waals surface area (Å²) in [7, 11) is 1.94. The van der Waals surface area contributed by atoms with Crippen LogP contribution in [0.3, 0.4) is 0 Å². The fourth-order valence-corrected chi connectivity index (χ4v) is 1.35. The second-order valence-corrected chi connectivity index (χ2v) is 4.04. The molecule has 3 nitrogen and oxygen atoms in total. The average molecular weight is 216 g/mol. The molecule has 1 N–H and O–H groups in total. The minimum absolute atomic E-state index is 0.547. The topological polar surface area (TPSA) is 29.9 Å². The zero-order chi connectivity index (χ0) is 10.4. The highest BCUT2D eigenvalue weighted by Gasteiger charge is 1.99. The van der Waals surface area contributed by atoms with E-state index in [1.54, 1.807) is 0 Å². The number of nitrogens with one attached hydrogen (secondary N) is 1. The summed E-state index contributed by atoms with van der Waals surface area (Å²) < 4.78 is 1.83. The molecule has 0 fully saturated rings. The molecule has 14 heavy (non-hydrogen) atoms. The summed E-state index contributed by atoms with van der Waals surface area (Å²) in [6, 6.07) is 0. The number of aromatic nitrogens is 2. The largest absolute Gasteiger partial charge is 0.316 e. The van der Waals surface area contributed by atoms with Gasteiger partial charge in [0, 0.05) is 19.1 Å². The van der Waals surface area contributed by atoms with E-state index >= 15 is 0 Å². The summed E-state index contributed by atoms with van der Waals surface area (Å²) in [6.45, 7) is 4.13. The number of halogens is 1. The van der Waals surface area contributed by atoms with Crippen molar-refractivity contribution >= 4 is 11.6 Å². The molecule has 80 valence electrons. The lowest BCUT2D eigenvalue weighted by Gasteiger charge is -2.07. The Hall–Kier alpha value is -0.540. The van der Waals surface area contributed by atoms with Gasteiger partial charge in [0.15, 0.2) is 0 Å². The van der Waals surface area contributed by atoms with Crippen molar-refractivity contribution in [3.05, 3.63) is 18.0 Å². The normalized spacial score (nSPS) is 13.1. The van der Waals surface area contributed by atoms with Crippen LogP contribution in [0, 0.1) is 5.92 Å². The summed E-state index contributed by atoms with van der Waals surface area (Å²) in [5, 5.41) is 7.49. The van der Waals surface area contributed by atoms with Crippen LogP contribution in [-0.2, 0) is 13.5 Å². The Balaban J connectivity index is 2.10. The minimum Gasteiger partial charge on any atom is -0.316 e. The van der Waals surface area contributed by atoms with Crippen LogP contribution >= 0.6 is 11.6 Å². The molecule has 1 aromatic heterocycles. The molecular weight excluding hydrogens is 198 g/mol. The van der Waals surface area contributed by atoms with Crippen LogP contribution in [0.4, 0.5) is 0 Å². The molecule has 1 atom stereocenters. The highest BCUT2D eigenvalue weighted by Crippen LogP contribution is 1.97. The second kappa shape index (κ2) is 6.04. The molecule has 0 spiro atoms. The van der Waals surface area contributed by atoms with Gasteiger partial charge in [0.25, 0.3) is 0 Å². The van der Waals surface area contributed by atoms with Crippen molar-refractivity contribution < 1.29 is 0 Å². The minimum atomic E-state index is 0.547. The van der Waals surface area contributed by atoms with Gasteiger partial charge in [-0.15, -0.1) is 11.6 Å². The van der Waals surface area contributed by atoms with Crippen LogP contribution in [0.1, 0.15) is 12.5 Å². The molecule has 0 radical (unpaired) electrons. The molecule has 0 aromatic carbocycles. The van der Waals surface area contributed by atoms with Gasteiger partial charge < -0.3 is 5.32 Å². The summed E-state index contributed by atoms with van der Waals surface area (Å²) in [4.78, 5) is 0. The van der Waals surface area contributed by atoms with Crippen LogP contribution in [0.25, 0.3) is 0 Å². The Kier molecular flexibility index (Phi) is 4.98. The molecule has 1 aromatic rings. The molecule has 0 aliphatic rings. The Bertz CT molecular complexity index is 260. The predicted octanol–water partition coefficient (Wildman–Crippen LogP) is 1.43. The predicted molar refractivity (Wildman–Crippen MR) is 59.7 cm³/mol. The van der Waals surface area contributed by atoms with Gasteiger partial charge in [-0.05, 0) is 31.0 Å². The fraction of sp³-hybridized carbons (Fsp3) is 0.700. The van der Waals surface area contributed by atoms with Crippen molar-refractivity contribution in [2.75, 3.05) is 19.0 Å². The molecule has 0 aliphatic carbocycles. The van der Waals surface area contributed by atoms with Gasteiger partial charge in [0.05, 0.1) is 6.20 Å². The first-order valence-electron chi connectivity index (χ1n) is 4.96. The van der Waals surface area contributed by atoms with Crippen LogP contribution in [0.5, 0.6) is 0 Å². The molecule has 4 heteroatoms. The first-order chi connectivity index (χ1) is 6.72. The Morgan fingerprint density at radius 3 is 3.00 bits per heavy atom. The zero-order valence-corrected chi connectivity index (χ0v) is 9.59. The van der Waals surface area contributed by atoms with Gasteiger partial charge in [0.1, 0.15) is 0 Å². The molecule has 0 saturated heterocycles. The molecule has 0 saturated carbocycles. The monoisotopic (exact) mass is 215 g/mol. The maximum absolute atomic E-state index is 5.70. The van der Waals surface area contributed by atoms with E-state index in [2.05, 4.69) is 17.3 Å². The van der Waals surface area contributed by atoms with Crippen molar-refractivity contribution in [1.29, 1.82) is 0 Å². The maximum Gasteiger partial charge on any atom is 0.0522 e. The maximum atomic E-state index is 5.70. The van der Waals surface area contributed by atoms with Crippen molar-refractivity contribution in [2.24, 2.45) is 13.0 Å². The van der Waals surface area contributed by atoms with Crippen LogP contribution in [0.15, 0.2) is 12.4 Å². The fourth-order valence-electron chi connectivity index (χ4n) is 1.24. The van der Waals surface area contributed by atoms with Gasteiger partial charge in [-0.3, -0.25) is 4.68 Å². The third kappa shape index (κ3) is 4.11. The van der Waals surface area contributed by atoms with E-state index in [4.69, 9.17) is 11.6 Å². The molecule has 0 bridgehead atoms. The number of nitrogens with zero attached hydrogens (tertiary/aromatic N) is 2. The lowest BCUT2D eigenvalue weighted by molar-refractivity contribution is 0.558. The van der Waals surface area contributed by atoms with E-state index in [-0.39, 0.29) is 0 Å². The summed E-state index contributed by atoms with van der Waals surface area (Å²) in [6.07, 6.45) is 4.99. The van der Waals surface area contributed by atoms with Gasteiger partial charge in [0.2, 0.25) is 0 Å². The molecular formula is C10H18ClN3. The standard InChI is InChI=1S/C10H18ClN3/c1-9(5-11)6-12-4-3-10-7-13-14(2)8-10/h7-9,12H,3-6H2,1-2H3. The molecule has 1 unspecified atom stereocenters. The first-order valence-corrected chi connectivity index (χ1v) is 5.50. The van der Waals surface area contributed by atoms with Crippen molar-refractivity contribution in [3.63, 3.8) is 0 Å². The van der Waals surface area contributed by atoms with E-state index in [0.29, 0.717) is 5.92 Å². The van der Waals surface area contributed by atoms with E-state index < -0.39 is 0 Å². The summed E-state index contributed by atoms with van der Waals surface area (Å²) in [5.74, 6) is 1.27. The van der Waals surface area contributed by atoms with Gasteiger partial charge in [-0.2, -0.15) is 5.10 Å². The highest BCUT2D eigenvalue weighted by molar-refractivity contribution is 6.18. The third-order valence-corrected chi connectivity index (χ3v) is 2.63. The Morgan fingerprint density at radius 1 is 1.64 bits per heavy atom. The Labute approximate surface area is 90.4 Å². The quantitative estimate of drug-likeness (QED) is 0.575. The van der Waals surface area contributed by atoms with Crippen LogP contribution in [0.2, 0.25) is 0 Å². The zero-order valence-electron chi connectivity index (χ0n) is 8.83. The summed E-state index contributed by atoms with van der Waals surface area (Å²) >= 11 is 5.70. The molecule has 0 aliphatic heterocycles. The number of hydrogen-bond donors (Lipinski definition) is 1. The average Bonchev–Trinajstić information content (AvgIpc) is 2.58. The van der Waals surface area contributed by atoms with Crippen LogP contribution < -0.4 is 5.32 Å². The molecule has 1 heterocycles. The van der Waals surface area contributed by atoms with Crippen molar-refractivity contribution in [2.45, 2.75) is 13.3 Å². The SMILES string of the molecule is CC(CCl)CNCCc1cnn(C)c1. The lowest BCUT2D eigenvalue weighted by atomic mass is 10.2.